The van der Waals surface area contributed by atoms with Crippen LogP contribution in [0.1, 0.15) is 53.5 Å². The quantitative estimate of drug-likeness (QED) is 0.536. The van der Waals surface area contributed by atoms with E-state index in [0.717, 1.165) is 0 Å². The van der Waals surface area contributed by atoms with E-state index in [9.17, 15) is 0 Å². The van der Waals surface area contributed by atoms with Gasteiger partial charge in [-0.1, -0.05) is 29.3 Å². The summed E-state index contributed by atoms with van der Waals surface area (Å²) < 4.78 is 32.8. The van der Waals surface area contributed by atoms with Crippen LogP contribution in [0.15, 0.2) is 23.9 Å². The maximum atomic E-state index is 15.5. The van der Waals surface area contributed by atoms with E-state index in [0.29, 0.717) is 34.2 Å². The maximum Gasteiger partial charge on any atom is 0.525 e. The summed E-state index contributed by atoms with van der Waals surface area (Å²) in [5, 5.41) is 0.757. The smallest absolute Gasteiger partial charge is 0.398 e. The first-order valence-corrected chi connectivity index (χ1v) is 9.52. The Morgan fingerprint density at radius 3 is 2.08 bits per heavy atom. The normalized spacial score (nSPS) is 19.8. The minimum Gasteiger partial charge on any atom is -0.398 e. The van der Waals surface area contributed by atoms with Crippen LogP contribution in [0.25, 0.3) is 5.57 Å². The molecule has 1 aromatic rings. The van der Waals surface area contributed by atoms with E-state index in [2.05, 4.69) is 0 Å². The SMILES string of the molecule is CC(C)OCCC(=C(F)B1OC(C)(C)C(C)(C)O1)c1c(Cl)cccc1Cl. The van der Waals surface area contributed by atoms with Gasteiger partial charge >= 0.3 is 7.12 Å². The largest absolute Gasteiger partial charge is 0.525 e. The summed E-state index contributed by atoms with van der Waals surface area (Å²) in [5.74, 6) is 0. The Balaban J connectivity index is 2.44. The molecule has 1 saturated heterocycles. The Labute approximate surface area is 165 Å². The van der Waals surface area contributed by atoms with Crippen LogP contribution in [0.4, 0.5) is 4.39 Å². The number of benzene rings is 1. The lowest BCUT2D eigenvalue weighted by molar-refractivity contribution is 0.00578. The molecule has 1 aliphatic heterocycles. The molecule has 0 bridgehead atoms. The zero-order valence-corrected chi connectivity index (χ0v) is 17.7. The van der Waals surface area contributed by atoms with Gasteiger partial charge in [0, 0.05) is 15.6 Å². The van der Waals surface area contributed by atoms with Crippen molar-refractivity contribution >= 4 is 35.9 Å². The Morgan fingerprint density at radius 1 is 1.12 bits per heavy atom. The van der Waals surface area contributed by atoms with Crippen molar-refractivity contribution in [3.63, 3.8) is 0 Å². The van der Waals surface area contributed by atoms with Crippen LogP contribution >= 0.6 is 23.2 Å². The van der Waals surface area contributed by atoms with Gasteiger partial charge in [0.25, 0.3) is 0 Å². The van der Waals surface area contributed by atoms with Gasteiger partial charge in [-0.3, -0.25) is 0 Å². The van der Waals surface area contributed by atoms with E-state index in [-0.39, 0.29) is 6.10 Å². The fraction of sp³-hybridized carbons (Fsp3) is 0.579. The van der Waals surface area contributed by atoms with Gasteiger partial charge in [0.15, 0.2) is 0 Å². The molecule has 1 aromatic carbocycles. The van der Waals surface area contributed by atoms with E-state index >= 15 is 4.39 Å². The van der Waals surface area contributed by atoms with Gasteiger partial charge in [-0.25, -0.2) is 4.39 Å². The van der Waals surface area contributed by atoms with Crippen molar-refractivity contribution in [3.05, 3.63) is 39.5 Å². The summed E-state index contributed by atoms with van der Waals surface area (Å²) in [6, 6.07) is 5.09. The van der Waals surface area contributed by atoms with Crippen LogP contribution in [-0.2, 0) is 14.0 Å². The second-order valence-corrected chi connectivity index (χ2v) is 8.50. The number of hydrogen-bond donors (Lipinski definition) is 0. The number of halogens is 3. The second-order valence-electron chi connectivity index (χ2n) is 7.68. The zero-order valence-electron chi connectivity index (χ0n) is 16.2. The van der Waals surface area contributed by atoms with Gasteiger partial charge in [-0.15, -0.1) is 0 Å². The third kappa shape index (κ3) is 4.63. The van der Waals surface area contributed by atoms with Crippen LogP contribution in [0.5, 0.6) is 0 Å². The maximum absolute atomic E-state index is 15.5. The Morgan fingerprint density at radius 2 is 1.62 bits per heavy atom. The van der Waals surface area contributed by atoms with Crippen molar-refractivity contribution in [2.24, 2.45) is 0 Å². The predicted molar refractivity (Wildman–Crippen MR) is 106 cm³/mol. The molecule has 0 radical (unpaired) electrons. The molecule has 3 nitrogen and oxygen atoms in total. The third-order valence-corrected chi connectivity index (χ3v) is 5.45. The highest BCUT2D eigenvalue weighted by Gasteiger charge is 2.53. The third-order valence-electron chi connectivity index (χ3n) is 4.82. The first-order valence-electron chi connectivity index (χ1n) is 8.76. The standard InChI is InChI=1S/C19H26BCl2FO3/c1-12(2)24-11-10-13(16-14(21)8-7-9-15(16)22)17(23)20-25-18(3,4)19(5,6)26-20/h7-9,12H,10-11H2,1-6H3. The van der Waals surface area contributed by atoms with Crippen molar-refractivity contribution in [1.82, 2.24) is 0 Å². The lowest BCUT2D eigenvalue weighted by atomic mass is 9.81. The van der Waals surface area contributed by atoms with Crippen LogP contribution in [0.2, 0.25) is 10.0 Å². The van der Waals surface area contributed by atoms with Gasteiger partial charge in [0.05, 0.1) is 23.9 Å². The Hall–Kier alpha value is -0.585. The highest BCUT2D eigenvalue weighted by atomic mass is 35.5. The average Bonchev–Trinajstić information content (AvgIpc) is 2.72. The molecule has 0 N–H and O–H groups in total. The molecule has 1 fully saturated rings. The molecular weight excluding hydrogens is 377 g/mol. The minimum atomic E-state index is -1.11. The topological polar surface area (TPSA) is 27.7 Å². The van der Waals surface area contributed by atoms with Crippen molar-refractivity contribution in [3.8, 4) is 0 Å². The number of hydrogen-bond acceptors (Lipinski definition) is 3. The van der Waals surface area contributed by atoms with Gasteiger partial charge in [0.1, 0.15) is 5.73 Å². The van der Waals surface area contributed by atoms with Gasteiger partial charge in [-0.2, -0.15) is 0 Å². The molecule has 0 atom stereocenters. The van der Waals surface area contributed by atoms with Crippen molar-refractivity contribution in [1.29, 1.82) is 0 Å². The molecule has 1 heterocycles. The van der Waals surface area contributed by atoms with Crippen molar-refractivity contribution in [2.75, 3.05) is 6.61 Å². The lowest BCUT2D eigenvalue weighted by Crippen LogP contribution is -2.41. The van der Waals surface area contributed by atoms with Crippen LogP contribution in [0, 0.1) is 0 Å². The molecular formula is C19H26BCl2FO3. The molecule has 0 saturated carbocycles. The first-order chi connectivity index (χ1) is 12.0. The fourth-order valence-electron chi connectivity index (χ4n) is 2.64. The molecule has 1 aliphatic rings. The van der Waals surface area contributed by atoms with E-state index in [1.165, 1.54) is 0 Å². The molecule has 0 spiro atoms. The Bertz CT molecular complexity index is 653. The molecule has 7 heteroatoms. The van der Waals surface area contributed by atoms with E-state index in [1.54, 1.807) is 18.2 Å². The lowest BCUT2D eigenvalue weighted by Gasteiger charge is -2.32. The minimum absolute atomic E-state index is 0.0397. The summed E-state index contributed by atoms with van der Waals surface area (Å²) in [6.45, 7) is 11.7. The molecule has 2 rings (SSSR count). The molecule has 0 unspecified atom stereocenters. The molecule has 0 amide bonds. The second kappa shape index (κ2) is 8.20. The van der Waals surface area contributed by atoms with E-state index in [1.807, 2.05) is 41.5 Å². The van der Waals surface area contributed by atoms with Crippen LogP contribution < -0.4 is 0 Å². The number of ether oxygens (including phenoxy) is 1. The van der Waals surface area contributed by atoms with Gasteiger partial charge < -0.3 is 14.0 Å². The Kier molecular flexibility index (Phi) is 6.84. The zero-order chi connectivity index (χ0) is 19.7. The fourth-order valence-corrected chi connectivity index (χ4v) is 3.26. The molecule has 0 aliphatic carbocycles. The monoisotopic (exact) mass is 402 g/mol. The molecule has 26 heavy (non-hydrogen) atoms. The van der Waals surface area contributed by atoms with Crippen LogP contribution in [-0.4, -0.2) is 31.0 Å². The summed E-state index contributed by atoms with van der Waals surface area (Å²) in [7, 11) is -1.11. The summed E-state index contributed by atoms with van der Waals surface area (Å²) in [4.78, 5) is 0. The van der Waals surface area contributed by atoms with Gasteiger partial charge in [-0.05, 0) is 65.7 Å². The van der Waals surface area contributed by atoms with E-state index < -0.39 is 24.0 Å². The first kappa shape index (κ1) is 21.7. The summed E-state index contributed by atoms with van der Waals surface area (Å²) in [6.07, 6.45) is 0.343. The highest BCUT2D eigenvalue weighted by molar-refractivity contribution is 6.55. The highest BCUT2D eigenvalue weighted by Crippen LogP contribution is 2.42. The van der Waals surface area contributed by atoms with E-state index in [4.69, 9.17) is 37.2 Å². The van der Waals surface area contributed by atoms with Crippen molar-refractivity contribution in [2.45, 2.75) is 65.3 Å². The molecule has 144 valence electrons. The average molecular weight is 403 g/mol. The summed E-state index contributed by atoms with van der Waals surface area (Å²) in [5.41, 5.74) is -1.00. The van der Waals surface area contributed by atoms with Gasteiger partial charge in [0.2, 0.25) is 0 Å². The number of rotatable bonds is 6. The van der Waals surface area contributed by atoms with Crippen molar-refractivity contribution < 1.29 is 18.4 Å². The summed E-state index contributed by atoms with van der Waals surface area (Å²) >= 11 is 12.6. The van der Waals surface area contributed by atoms with Crippen LogP contribution in [0.3, 0.4) is 0 Å². The predicted octanol–water partition coefficient (Wildman–Crippen LogP) is 6.12. The molecule has 0 aromatic heterocycles.